The Labute approximate surface area is 56.0 Å². The molecular formula is C5H12N2OS. The summed E-state index contributed by atoms with van der Waals surface area (Å²) in [7, 11) is -0.119. The van der Waals surface area contributed by atoms with Crippen molar-refractivity contribution in [3.8, 4) is 0 Å². The molecule has 0 unspecified atom stereocenters. The van der Waals surface area contributed by atoms with Crippen LogP contribution in [0.15, 0.2) is 4.36 Å². The maximum Gasteiger partial charge on any atom is 0.0489 e. The zero-order valence-electron chi connectivity index (χ0n) is 5.59. The molecule has 0 aliphatic carbocycles. The summed E-state index contributed by atoms with van der Waals surface area (Å²) < 4.78 is 15.2. The van der Waals surface area contributed by atoms with Crippen LogP contribution < -0.4 is 5.32 Å². The highest BCUT2D eigenvalue weighted by molar-refractivity contribution is 7.93. The van der Waals surface area contributed by atoms with Gasteiger partial charge in [-0.2, -0.15) is 0 Å². The molecule has 0 saturated carbocycles. The lowest BCUT2D eigenvalue weighted by Crippen LogP contribution is -2.35. The largest absolute Gasteiger partial charge is 0.315 e. The second-order valence-electron chi connectivity index (χ2n) is 2.11. The Morgan fingerprint density at radius 2 is 2.00 bits per heavy atom. The van der Waals surface area contributed by atoms with Crippen LogP contribution in [0.25, 0.3) is 0 Å². The number of hydrogen-bond acceptors (Lipinski definition) is 3. The van der Waals surface area contributed by atoms with E-state index in [1.807, 2.05) is 0 Å². The van der Waals surface area contributed by atoms with E-state index in [-0.39, 0.29) is 0 Å². The van der Waals surface area contributed by atoms with E-state index < -0.39 is 9.73 Å². The van der Waals surface area contributed by atoms with Gasteiger partial charge in [0.15, 0.2) is 0 Å². The highest BCUT2D eigenvalue weighted by Gasteiger charge is 2.11. The van der Waals surface area contributed by atoms with Gasteiger partial charge in [-0.1, -0.05) is 0 Å². The molecular weight excluding hydrogens is 136 g/mol. The summed E-state index contributed by atoms with van der Waals surface area (Å²) in [5.41, 5.74) is 0. The van der Waals surface area contributed by atoms with E-state index >= 15 is 0 Å². The van der Waals surface area contributed by atoms with Gasteiger partial charge in [-0.15, -0.1) is 0 Å². The molecule has 1 aliphatic heterocycles. The first-order valence-corrected chi connectivity index (χ1v) is 4.93. The van der Waals surface area contributed by atoms with E-state index in [2.05, 4.69) is 9.68 Å². The molecule has 0 spiro atoms. The monoisotopic (exact) mass is 148 g/mol. The van der Waals surface area contributed by atoms with Gasteiger partial charge in [-0.3, -0.25) is 0 Å². The second kappa shape index (κ2) is 2.66. The second-order valence-corrected chi connectivity index (χ2v) is 4.84. The number of nitrogens with one attached hydrogen (secondary N) is 1. The van der Waals surface area contributed by atoms with E-state index in [1.54, 1.807) is 7.05 Å². The molecule has 1 heterocycles. The molecule has 0 bridgehead atoms. The molecule has 0 aromatic rings. The molecule has 9 heavy (non-hydrogen) atoms. The average molecular weight is 148 g/mol. The van der Waals surface area contributed by atoms with Crippen molar-refractivity contribution in [1.29, 1.82) is 0 Å². The van der Waals surface area contributed by atoms with Gasteiger partial charge in [0.1, 0.15) is 0 Å². The third-order valence-electron chi connectivity index (χ3n) is 1.53. The fourth-order valence-corrected chi connectivity index (χ4v) is 2.37. The first kappa shape index (κ1) is 7.02. The van der Waals surface area contributed by atoms with Crippen LogP contribution in [0.1, 0.15) is 0 Å². The molecule has 1 rings (SSSR count). The molecule has 1 saturated heterocycles. The highest BCUT2D eigenvalue weighted by Crippen LogP contribution is 1.97. The van der Waals surface area contributed by atoms with Crippen LogP contribution in [-0.2, 0) is 9.73 Å². The van der Waals surface area contributed by atoms with Crippen LogP contribution >= 0.6 is 0 Å². The molecule has 54 valence electrons. The number of rotatable bonds is 0. The van der Waals surface area contributed by atoms with Crippen molar-refractivity contribution in [3.63, 3.8) is 0 Å². The Morgan fingerprint density at radius 3 is 2.33 bits per heavy atom. The lowest BCUT2D eigenvalue weighted by molar-refractivity contribution is 0.651. The molecule has 1 N–H and O–H groups in total. The third-order valence-corrected chi connectivity index (χ3v) is 3.88. The quantitative estimate of drug-likeness (QED) is 0.512. The van der Waals surface area contributed by atoms with Crippen molar-refractivity contribution in [2.75, 3.05) is 31.6 Å². The van der Waals surface area contributed by atoms with Gasteiger partial charge in [0, 0.05) is 41.4 Å². The van der Waals surface area contributed by atoms with E-state index in [4.69, 9.17) is 0 Å². The van der Waals surface area contributed by atoms with Gasteiger partial charge >= 0.3 is 0 Å². The van der Waals surface area contributed by atoms with Crippen molar-refractivity contribution >= 4 is 9.73 Å². The minimum atomic E-state index is -1.77. The summed E-state index contributed by atoms with van der Waals surface area (Å²) >= 11 is 0. The van der Waals surface area contributed by atoms with Gasteiger partial charge < -0.3 is 5.32 Å². The van der Waals surface area contributed by atoms with E-state index in [0.29, 0.717) is 0 Å². The van der Waals surface area contributed by atoms with E-state index in [9.17, 15) is 4.21 Å². The van der Waals surface area contributed by atoms with Crippen LogP contribution in [0.2, 0.25) is 0 Å². The van der Waals surface area contributed by atoms with E-state index in [1.165, 1.54) is 0 Å². The maximum absolute atomic E-state index is 11.4. The van der Waals surface area contributed by atoms with E-state index in [0.717, 1.165) is 24.6 Å². The Balaban J connectivity index is 2.70. The first-order chi connectivity index (χ1) is 4.27. The smallest absolute Gasteiger partial charge is 0.0489 e. The summed E-state index contributed by atoms with van der Waals surface area (Å²) in [5.74, 6) is 1.45. The van der Waals surface area contributed by atoms with Crippen molar-refractivity contribution in [1.82, 2.24) is 5.32 Å². The summed E-state index contributed by atoms with van der Waals surface area (Å²) in [5, 5.41) is 3.14. The third kappa shape index (κ3) is 1.66. The molecule has 1 aliphatic rings. The van der Waals surface area contributed by atoms with Crippen LogP contribution in [0.5, 0.6) is 0 Å². The minimum absolute atomic E-state index is 0.726. The topological polar surface area (TPSA) is 41.5 Å². The fraction of sp³-hybridized carbons (Fsp3) is 1.00. The molecule has 0 atom stereocenters. The Kier molecular flexibility index (Phi) is 2.08. The summed E-state index contributed by atoms with van der Waals surface area (Å²) in [6, 6.07) is 0. The van der Waals surface area contributed by atoms with Gasteiger partial charge in [0.05, 0.1) is 0 Å². The SMILES string of the molecule is CN=S1(=O)CCNCC1. The number of hydrogen-bond donors (Lipinski definition) is 1. The molecule has 0 aromatic heterocycles. The van der Waals surface area contributed by atoms with Crippen LogP contribution in [0.3, 0.4) is 0 Å². The summed E-state index contributed by atoms with van der Waals surface area (Å²) in [4.78, 5) is 0. The molecule has 0 radical (unpaired) electrons. The van der Waals surface area contributed by atoms with Crippen molar-refractivity contribution in [3.05, 3.63) is 0 Å². The predicted octanol–water partition coefficient (Wildman–Crippen LogP) is -0.313. The minimum Gasteiger partial charge on any atom is -0.315 e. The van der Waals surface area contributed by atoms with Crippen LogP contribution in [-0.4, -0.2) is 35.9 Å². The van der Waals surface area contributed by atoms with Crippen molar-refractivity contribution < 1.29 is 4.21 Å². The standard InChI is InChI=1S/C5H12N2OS/c1-6-9(8)4-2-7-3-5-9/h7H,2-5H2,1H3. The lowest BCUT2D eigenvalue weighted by atomic mass is 10.6. The summed E-state index contributed by atoms with van der Waals surface area (Å²) in [6.45, 7) is 1.71. The van der Waals surface area contributed by atoms with Crippen molar-refractivity contribution in [2.24, 2.45) is 4.36 Å². The molecule has 0 amide bonds. The van der Waals surface area contributed by atoms with Gasteiger partial charge in [0.25, 0.3) is 0 Å². The van der Waals surface area contributed by atoms with Gasteiger partial charge in [-0.05, 0) is 0 Å². The van der Waals surface area contributed by atoms with Crippen molar-refractivity contribution in [2.45, 2.75) is 0 Å². The Hall–Kier alpha value is -0.0900. The maximum atomic E-state index is 11.4. The first-order valence-electron chi connectivity index (χ1n) is 3.08. The highest BCUT2D eigenvalue weighted by atomic mass is 32.2. The molecule has 4 heteroatoms. The average Bonchev–Trinajstić information content (AvgIpc) is 1.90. The zero-order valence-corrected chi connectivity index (χ0v) is 6.41. The number of nitrogens with zero attached hydrogens (tertiary/aromatic N) is 1. The predicted molar refractivity (Wildman–Crippen MR) is 39.1 cm³/mol. The zero-order chi connectivity index (χ0) is 6.74. The summed E-state index contributed by atoms with van der Waals surface area (Å²) in [6.07, 6.45) is 0. The van der Waals surface area contributed by atoms with Crippen LogP contribution in [0.4, 0.5) is 0 Å². The normalized spacial score (nSPS) is 25.4. The van der Waals surface area contributed by atoms with Crippen LogP contribution in [0, 0.1) is 0 Å². The Bertz CT molecular complexity index is 181. The molecule has 3 nitrogen and oxygen atoms in total. The lowest BCUT2D eigenvalue weighted by Gasteiger charge is -2.15. The van der Waals surface area contributed by atoms with Gasteiger partial charge in [0.2, 0.25) is 0 Å². The molecule has 0 aromatic carbocycles. The Morgan fingerprint density at radius 1 is 1.44 bits per heavy atom. The molecule has 1 fully saturated rings. The fourth-order valence-electron chi connectivity index (χ4n) is 0.873. The van der Waals surface area contributed by atoms with Gasteiger partial charge in [-0.25, -0.2) is 8.57 Å².